The highest BCUT2D eigenvalue weighted by Crippen LogP contribution is 2.43. The van der Waals surface area contributed by atoms with Crippen LogP contribution in [0.2, 0.25) is 0 Å². The van der Waals surface area contributed by atoms with E-state index in [1.54, 1.807) is 36.1 Å². The SMILES string of the molecule is CC12CCC(=O)N1c1ccccc1C(=O)N2CC(=O)NCc1ccc(C(=O)O)o1. The molecule has 9 heteroatoms. The number of aromatic carboxylic acids is 1. The number of fused-ring (bicyclic) bond motifs is 3. The number of carbonyl (C=O) groups excluding carboxylic acids is 3. The minimum Gasteiger partial charge on any atom is -0.475 e. The zero-order valence-electron chi connectivity index (χ0n) is 15.7. The minimum absolute atomic E-state index is 0.00983. The molecule has 2 aliphatic heterocycles. The summed E-state index contributed by atoms with van der Waals surface area (Å²) in [5, 5.41) is 11.5. The maximum atomic E-state index is 13.1. The van der Waals surface area contributed by atoms with E-state index in [1.165, 1.54) is 17.0 Å². The molecule has 0 spiro atoms. The standard InChI is InChI=1S/C20H19N3O6/c1-20-9-8-17(25)23(20)14-5-3-2-4-13(14)18(26)22(20)11-16(24)21-10-12-6-7-15(29-12)19(27)28/h2-7H,8-11H2,1H3,(H,21,24)(H,27,28). The van der Waals surface area contributed by atoms with Gasteiger partial charge in [-0.1, -0.05) is 12.1 Å². The van der Waals surface area contributed by atoms with Crippen molar-refractivity contribution in [1.29, 1.82) is 0 Å². The predicted molar refractivity (Wildman–Crippen MR) is 100 cm³/mol. The van der Waals surface area contributed by atoms with Crippen LogP contribution in [0.4, 0.5) is 5.69 Å². The Bertz CT molecular complexity index is 1030. The molecule has 1 saturated heterocycles. The van der Waals surface area contributed by atoms with Crippen molar-refractivity contribution in [2.45, 2.75) is 32.0 Å². The van der Waals surface area contributed by atoms with Crippen molar-refractivity contribution in [2.75, 3.05) is 11.4 Å². The molecule has 4 rings (SSSR count). The summed E-state index contributed by atoms with van der Waals surface area (Å²) < 4.78 is 5.11. The van der Waals surface area contributed by atoms with E-state index in [9.17, 15) is 19.2 Å². The number of carbonyl (C=O) groups is 4. The second-order valence-corrected chi connectivity index (χ2v) is 7.20. The Morgan fingerprint density at radius 2 is 1.97 bits per heavy atom. The Balaban J connectivity index is 1.53. The molecule has 1 aromatic carbocycles. The van der Waals surface area contributed by atoms with Crippen LogP contribution >= 0.6 is 0 Å². The van der Waals surface area contributed by atoms with E-state index in [2.05, 4.69) is 5.32 Å². The summed E-state index contributed by atoms with van der Waals surface area (Å²) in [5.41, 5.74) is 0.0298. The number of nitrogens with one attached hydrogen (secondary N) is 1. The third-order valence-corrected chi connectivity index (χ3v) is 5.38. The Labute approximate surface area is 165 Å². The van der Waals surface area contributed by atoms with Gasteiger partial charge in [0.15, 0.2) is 0 Å². The van der Waals surface area contributed by atoms with Crippen LogP contribution in [0.5, 0.6) is 0 Å². The number of benzene rings is 1. The molecule has 0 saturated carbocycles. The lowest BCUT2D eigenvalue weighted by Gasteiger charge is -2.48. The van der Waals surface area contributed by atoms with Crippen LogP contribution in [0.3, 0.4) is 0 Å². The number of carboxylic acid groups (broad SMARTS) is 1. The van der Waals surface area contributed by atoms with Crippen molar-refractivity contribution in [1.82, 2.24) is 10.2 Å². The molecule has 9 nitrogen and oxygen atoms in total. The van der Waals surface area contributed by atoms with Crippen molar-refractivity contribution in [3.8, 4) is 0 Å². The highest BCUT2D eigenvalue weighted by Gasteiger charge is 2.53. The fraction of sp³-hybridized carbons (Fsp3) is 0.300. The van der Waals surface area contributed by atoms with Gasteiger partial charge in [-0.05, 0) is 37.6 Å². The number of rotatable bonds is 5. The predicted octanol–water partition coefficient (Wildman–Crippen LogP) is 1.59. The smallest absolute Gasteiger partial charge is 0.371 e. The molecule has 1 aromatic heterocycles. The summed E-state index contributed by atoms with van der Waals surface area (Å²) in [6.45, 7) is 1.54. The van der Waals surface area contributed by atoms with Crippen LogP contribution in [0.1, 0.15) is 46.4 Å². The Morgan fingerprint density at radius 1 is 1.21 bits per heavy atom. The maximum Gasteiger partial charge on any atom is 0.371 e. The first kappa shape index (κ1) is 18.7. The Kier molecular flexibility index (Phi) is 4.37. The zero-order valence-corrected chi connectivity index (χ0v) is 15.7. The fourth-order valence-electron chi connectivity index (χ4n) is 3.91. The van der Waals surface area contributed by atoms with E-state index in [0.29, 0.717) is 24.1 Å². The average molecular weight is 397 g/mol. The monoisotopic (exact) mass is 397 g/mol. The molecule has 1 unspecified atom stereocenters. The minimum atomic E-state index is -1.20. The van der Waals surface area contributed by atoms with Gasteiger partial charge in [0.25, 0.3) is 5.91 Å². The first-order chi connectivity index (χ1) is 13.8. The molecule has 3 amide bonds. The molecule has 1 fully saturated rings. The van der Waals surface area contributed by atoms with E-state index in [0.717, 1.165) is 0 Å². The molecular weight excluding hydrogens is 378 g/mol. The van der Waals surface area contributed by atoms with Crippen molar-refractivity contribution < 1.29 is 28.7 Å². The zero-order chi connectivity index (χ0) is 20.8. The fourth-order valence-corrected chi connectivity index (χ4v) is 3.91. The van der Waals surface area contributed by atoms with Crippen LogP contribution in [0, 0.1) is 0 Å². The first-order valence-electron chi connectivity index (χ1n) is 9.14. The molecule has 0 aliphatic carbocycles. The number of hydrogen-bond donors (Lipinski definition) is 2. The van der Waals surface area contributed by atoms with Gasteiger partial charge in [-0.15, -0.1) is 0 Å². The van der Waals surface area contributed by atoms with Crippen molar-refractivity contribution >= 4 is 29.4 Å². The van der Waals surface area contributed by atoms with Crippen molar-refractivity contribution in [3.05, 3.63) is 53.5 Å². The van der Waals surface area contributed by atoms with Crippen LogP contribution in [0.15, 0.2) is 40.8 Å². The Hall–Kier alpha value is -3.62. The molecule has 0 radical (unpaired) electrons. The molecule has 3 heterocycles. The van der Waals surface area contributed by atoms with Gasteiger partial charge < -0.3 is 19.7 Å². The molecule has 2 aliphatic rings. The normalized spacial score (nSPS) is 20.4. The second-order valence-electron chi connectivity index (χ2n) is 7.20. The number of para-hydroxylation sites is 1. The average Bonchev–Trinajstić information content (AvgIpc) is 3.29. The van der Waals surface area contributed by atoms with Gasteiger partial charge in [0, 0.05) is 6.42 Å². The van der Waals surface area contributed by atoms with Gasteiger partial charge in [0.05, 0.1) is 17.8 Å². The summed E-state index contributed by atoms with van der Waals surface area (Å²) in [5.74, 6) is -1.96. The number of amides is 3. The number of nitrogens with zero attached hydrogens (tertiary/aromatic N) is 2. The molecule has 0 bridgehead atoms. The summed E-state index contributed by atoms with van der Waals surface area (Å²) in [7, 11) is 0. The number of hydrogen-bond acceptors (Lipinski definition) is 5. The molecule has 2 aromatic rings. The van der Waals surface area contributed by atoms with Gasteiger partial charge in [0.1, 0.15) is 18.0 Å². The molecular formula is C20H19N3O6. The lowest BCUT2D eigenvalue weighted by atomic mass is 9.98. The third kappa shape index (κ3) is 3.04. The molecule has 2 N–H and O–H groups in total. The van der Waals surface area contributed by atoms with Gasteiger partial charge in [-0.3, -0.25) is 19.3 Å². The van der Waals surface area contributed by atoms with E-state index < -0.39 is 17.5 Å². The molecule has 150 valence electrons. The highest BCUT2D eigenvalue weighted by atomic mass is 16.4. The van der Waals surface area contributed by atoms with Crippen molar-refractivity contribution in [3.63, 3.8) is 0 Å². The van der Waals surface area contributed by atoms with Crippen LogP contribution in [-0.4, -0.2) is 45.9 Å². The van der Waals surface area contributed by atoms with Crippen LogP contribution in [0.25, 0.3) is 0 Å². The third-order valence-electron chi connectivity index (χ3n) is 5.38. The summed E-state index contributed by atoms with van der Waals surface area (Å²) in [6.07, 6.45) is 0.722. The van der Waals surface area contributed by atoms with Crippen LogP contribution < -0.4 is 10.2 Å². The maximum absolute atomic E-state index is 13.1. The number of anilines is 1. The van der Waals surface area contributed by atoms with Gasteiger partial charge >= 0.3 is 5.97 Å². The quantitative estimate of drug-likeness (QED) is 0.791. The highest BCUT2D eigenvalue weighted by molar-refractivity contribution is 6.11. The molecule has 1 atom stereocenters. The number of carboxylic acids is 1. The summed E-state index contributed by atoms with van der Waals surface area (Å²) in [6, 6.07) is 9.64. The van der Waals surface area contributed by atoms with Gasteiger partial charge in [0.2, 0.25) is 17.6 Å². The summed E-state index contributed by atoms with van der Waals surface area (Å²) in [4.78, 5) is 52.0. The second kappa shape index (κ2) is 6.77. The van der Waals surface area contributed by atoms with Crippen LogP contribution in [-0.2, 0) is 16.1 Å². The van der Waals surface area contributed by atoms with E-state index in [-0.39, 0.29) is 36.4 Å². The number of furan rings is 1. The van der Waals surface area contributed by atoms with Crippen molar-refractivity contribution in [2.24, 2.45) is 0 Å². The lowest BCUT2D eigenvalue weighted by molar-refractivity contribution is -0.124. The largest absolute Gasteiger partial charge is 0.475 e. The Morgan fingerprint density at radius 3 is 2.69 bits per heavy atom. The topological polar surface area (TPSA) is 120 Å². The van der Waals surface area contributed by atoms with E-state index in [4.69, 9.17) is 9.52 Å². The first-order valence-corrected chi connectivity index (χ1v) is 9.14. The van der Waals surface area contributed by atoms with E-state index >= 15 is 0 Å². The molecule has 29 heavy (non-hydrogen) atoms. The van der Waals surface area contributed by atoms with Gasteiger partial charge in [-0.25, -0.2) is 4.79 Å². The van der Waals surface area contributed by atoms with Gasteiger partial charge in [-0.2, -0.15) is 0 Å². The lowest BCUT2D eigenvalue weighted by Crippen LogP contribution is -2.63. The summed E-state index contributed by atoms with van der Waals surface area (Å²) >= 11 is 0. The van der Waals surface area contributed by atoms with E-state index in [1.807, 2.05) is 0 Å².